The number of carbonyl (C=O) groups excluding carboxylic acids is 1. The van der Waals surface area contributed by atoms with Crippen LogP contribution in [0.2, 0.25) is 0 Å². The summed E-state index contributed by atoms with van der Waals surface area (Å²) in [5.74, 6) is -0.203. The van der Waals surface area contributed by atoms with E-state index in [0.717, 1.165) is 5.69 Å². The highest BCUT2D eigenvalue weighted by Gasteiger charge is 2.06. The monoisotopic (exact) mass is 179 g/mol. The minimum atomic E-state index is -0.499. The summed E-state index contributed by atoms with van der Waals surface area (Å²) in [6.07, 6.45) is 1.61. The number of aryl methyl sites for hydroxylation is 1. The third-order valence-electron chi connectivity index (χ3n) is 1.59. The van der Waals surface area contributed by atoms with Crippen molar-refractivity contribution in [1.29, 1.82) is 0 Å². The van der Waals surface area contributed by atoms with Crippen LogP contribution in [0, 0.1) is 6.92 Å². The third kappa shape index (κ3) is 2.83. The molecule has 4 heteroatoms. The maximum atomic E-state index is 11.1. The van der Waals surface area contributed by atoms with Crippen LogP contribution >= 0.6 is 0 Å². The second-order valence-electron chi connectivity index (χ2n) is 2.97. The van der Waals surface area contributed by atoms with Gasteiger partial charge in [-0.05, 0) is 26.0 Å². The van der Waals surface area contributed by atoms with Crippen LogP contribution in [0.15, 0.2) is 18.3 Å². The highest BCUT2D eigenvalue weighted by Crippen LogP contribution is 2.05. The zero-order valence-electron chi connectivity index (χ0n) is 7.74. The fourth-order valence-electron chi connectivity index (χ4n) is 0.798. The Morgan fingerprint density at radius 3 is 2.77 bits per heavy atom. The molecular formula is C9H13N3O. The van der Waals surface area contributed by atoms with Gasteiger partial charge in [0, 0.05) is 5.69 Å². The van der Waals surface area contributed by atoms with Crippen molar-refractivity contribution in [2.75, 3.05) is 5.32 Å². The van der Waals surface area contributed by atoms with Crippen LogP contribution in [0.5, 0.6) is 0 Å². The molecule has 1 aromatic rings. The summed E-state index contributed by atoms with van der Waals surface area (Å²) >= 11 is 0. The molecule has 1 amide bonds. The maximum absolute atomic E-state index is 11.1. The molecule has 0 aliphatic heterocycles. The maximum Gasteiger partial charge on any atom is 0.241 e. The number of nitrogens with zero attached hydrogens (tertiary/aromatic N) is 1. The van der Waals surface area contributed by atoms with Gasteiger partial charge in [0.2, 0.25) is 5.91 Å². The molecule has 0 saturated heterocycles. The highest BCUT2D eigenvalue weighted by atomic mass is 16.2. The van der Waals surface area contributed by atoms with Crippen LogP contribution in [0.3, 0.4) is 0 Å². The summed E-state index contributed by atoms with van der Waals surface area (Å²) in [7, 11) is 0. The van der Waals surface area contributed by atoms with Crippen molar-refractivity contribution >= 4 is 11.6 Å². The summed E-state index contributed by atoms with van der Waals surface area (Å²) in [6.45, 7) is 3.52. The van der Waals surface area contributed by atoms with E-state index >= 15 is 0 Å². The van der Waals surface area contributed by atoms with E-state index in [1.54, 1.807) is 19.2 Å². The predicted molar refractivity (Wildman–Crippen MR) is 51.3 cm³/mol. The molecule has 0 aromatic carbocycles. The zero-order chi connectivity index (χ0) is 9.84. The van der Waals surface area contributed by atoms with Crippen molar-refractivity contribution in [2.24, 2.45) is 5.73 Å². The van der Waals surface area contributed by atoms with Gasteiger partial charge in [0.1, 0.15) is 0 Å². The summed E-state index contributed by atoms with van der Waals surface area (Å²) in [5, 5.41) is 2.64. The molecule has 0 fully saturated rings. The van der Waals surface area contributed by atoms with Gasteiger partial charge in [0.15, 0.2) is 0 Å². The molecule has 1 atom stereocenters. The van der Waals surface area contributed by atoms with E-state index in [9.17, 15) is 4.79 Å². The minimum absolute atomic E-state index is 0.203. The molecule has 1 aromatic heterocycles. The second kappa shape index (κ2) is 4.00. The fourth-order valence-corrected chi connectivity index (χ4v) is 0.798. The fraction of sp³-hybridized carbons (Fsp3) is 0.333. The first-order chi connectivity index (χ1) is 6.09. The first-order valence-electron chi connectivity index (χ1n) is 4.08. The molecule has 0 spiro atoms. The van der Waals surface area contributed by atoms with Crippen LogP contribution in [0.1, 0.15) is 12.6 Å². The summed E-state index contributed by atoms with van der Waals surface area (Å²) < 4.78 is 0. The van der Waals surface area contributed by atoms with Crippen molar-refractivity contribution < 1.29 is 4.79 Å². The van der Waals surface area contributed by atoms with Gasteiger partial charge in [0.05, 0.1) is 17.9 Å². The normalized spacial score (nSPS) is 12.2. The van der Waals surface area contributed by atoms with Gasteiger partial charge in [0.25, 0.3) is 0 Å². The standard InChI is InChI=1S/C9H13N3O/c1-6-3-4-8(5-11-6)12-9(13)7(2)10/h3-5,7H,10H2,1-2H3,(H,12,13). The number of rotatable bonds is 2. The summed E-state index contributed by atoms with van der Waals surface area (Å²) in [6, 6.07) is 3.13. The summed E-state index contributed by atoms with van der Waals surface area (Å²) in [5.41, 5.74) is 6.97. The van der Waals surface area contributed by atoms with Crippen LogP contribution in [-0.2, 0) is 4.79 Å². The molecule has 3 N–H and O–H groups in total. The predicted octanol–water partition coefficient (Wildman–Crippen LogP) is 0.676. The zero-order valence-corrected chi connectivity index (χ0v) is 7.74. The molecule has 4 nitrogen and oxygen atoms in total. The van der Waals surface area contributed by atoms with Gasteiger partial charge in [-0.2, -0.15) is 0 Å². The molecule has 0 aliphatic rings. The van der Waals surface area contributed by atoms with Gasteiger partial charge in [-0.25, -0.2) is 0 Å². The van der Waals surface area contributed by atoms with Crippen LogP contribution in [0.25, 0.3) is 0 Å². The number of pyridine rings is 1. The van der Waals surface area contributed by atoms with E-state index < -0.39 is 6.04 Å². The Morgan fingerprint density at radius 1 is 1.62 bits per heavy atom. The summed E-state index contributed by atoms with van der Waals surface area (Å²) in [4.78, 5) is 15.2. The van der Waals surface area contributed by atoms with Crippen molar-refractivity contribution in [1.82, 2.24) is 4.98 Å². The largest absolute Gasteiger partial charge is 0.323 e. The lowest BCUT2D eigenvalue weighted by Gasteiger charge is -2.06. The van der Waals surface area contributed by atoms with Crippen LogP contribution in [0.4, 0.5) is 5.69 Å². The van der Waals surface area contributed by atoms with E-state index in [-0.39, 0.29) is 5.91 Å². The lowest BCUT2D eigenvalue weighted by molar-refractivity contribution is -0.117. The van der Waals surface area contributed by atoms with Gasteiger partial charge in [-0.3, -0.25) is 9.78 Å². The number of aromatic nitrogens is 1. The van der Waals surface area contributed by atoms with E-state index in [4.69, 9.17) is 5.73 Å². The average Bonchev–Trinajstić information content (AvgIpc) is 2.08. The quantitative estimate of drug-likeness (QED) is 0.701. The molecule has 1 heterocycles. The van der Waals surface area contributed by atoms with Crippen LogP contribution < -0.4 is 11.1 Å². The lowest BCUT2D eigenvalue weighted by atomic mass is 10.3. The SMILES string of the molecule is Cc1ccc(NC(=O)C(C)N)cn1. The van der Waals surface area contributed by atoms with E-state index in [2.05, 4.69) is 10.3 Å². The number of nitrogens with two attached hydrogens (primary N) is 1. The number of carbonyl (C=O) groups is 1. The van der Waals surface area contributed by atoms with Gasteiger partial charge in [-0.15, -0.1) is 0 Å². The first kappa shape index (κ1) is 9.67. The van der Waals surface area contributed by atoms with E-state index in [1.807, 2.05) is 13.0 Å². The molecule has 0 saturated carbocycles. The number of amides is 1. The highest BCUT2D eigenvalue weighted by molar-refractivity contribution is 5.94. The first-order valence-corrected chi connectivity index (χ1v) is 4.08. The third-order valence-corrected chi connectivity index (χ3v) is 1.59. The number of anilines is 1. The molecule has 0 aliphatic carbocycles. The molecule has 13 heavy (non-hydrogen) atoms. The lowest BCUT2D eigenvalue weighted by Crippen LogP contribution is -2.32. The molecule has 70 valence electrons. The van der Waals surface area contributed by atoms with Gasteiger partial charge in [-0.1, -0.05) is 0 Å². The van der Waals surface area contributed by atoms with Crippen molar-refractivity contribution in [3.8, 4) is 0 Å². The Morgan fingerprint density at radius 2 is 2.31 bits per heavy atom. The topological polar surface area (TPSA) is 68.0 Å². The Labute approximate surface area is 77.2 Å². The Balaban J connectivity index is 2.65. The smallest absolute Gasteiger partial charge is 0.241 e. The Bertz CT molecular complexity index is 292. The van der Waals surface area contributed by atoms with Crippen molar-refractivity contribution in [3.63, 3.8) is 0 Å². The Kier molecular flexibility index (Phi) is 2.97. The number of hydrogen-bond acceptors (Lipinski definition) is 3. The van der Waals surface area contributed by atoms with E-state index in [0.29, 0.717) is 5.69 Å². The molecule has 0 bridgehead atoms. The minimum Gasteiger partial charge on any atom is -0.323 e. The van der Waals surface area contributed by atoms with E-state index in [1.165, 1.54) is 0 Å². The molecule has 1 unspecified atom stereocenters. The average molecular weight is 179 g/mol. The van der Waals surface area contributed by atoms with Gasteiger partial charge >= 0.3 is 0 Å². The number of hydrogen-bond donors (Lipinski definition) is 2. The van der Waals surface area contributed by atoms with Gasteiger partial charge < -0.3 is 11.1 Å². The molecule has 1 rings (SSSR count). The van der Waals surface area contributed by atoms with Crippen molar-refractivity contribution in [3.05, 3.63) is 24.0 Å². The van der Waals surface area contributed by atoms with Crippen LogP contribution in [-0.4, -0.2) is 16.9 Å². The van der Waals surface area contributed by atoms with Crippen molar-refractivity contribution in [2.45, 2.75) is 19.9 Å². The number of nitrogens with one attached hydrogen (secondary N) is 1. The molecular weight excluding hydrogens is 166 g/mol. The molecule has 0 radical (unpaired) electrons. The Hall–Kier alpha value is -1.42. The second-order valence-corrected chi connectivity index (χ2v) is 2.97.